The van der Waals surface area contributed by atoms with E-state index in [0.717, 1.165) is 84.0 Å². The van der Waals surface area contributed by atoms with Crippen LogP contribution in [-0.2, 0) is 0 Å². The van der Waals surface area contributed by atoms with Crippen molar-refractivity contribution < 1.29 is 23.7 Å². The minimum atomic E-state index is 0.783. The van der Waals surface area contributed by atoms with Gasteiger partial charge in [0.05, 0.1) is 35.5 Å². The number of fused-ring (bicyclic) bond motifs is 1. The summed E-state index contributed by atoms with van der Waals surface area (Å²) in [5.74, 6) is 3.98. The summed E-state index contributed by atoms with van der Waals surface area (Å²) in [7, 11) is 8.44. The molecular formula is C39H34O5. The molecule has 6 aromatic rings. The third-order valence-electron chi connectivity index (χ3n) is 8.03. The average Bonchev–Trinajstić information content (AvgIpc) is 3.10. The molecule has 0 atom stereocenters. The zero-order valence-electron chi connectivity index (χ0n) is 25.5. The van der Waals surface area contributed by atoms with Crippen LogP contribution in [0, 0.1) is 0 Å². The number of ether oxygens (including phenoxy) is 5. The van der Waals surface area contributed by atoms with E-state index in [1.54, 1.807) is 35.5 Å². The second kappa shape index (κ2) is 12.4. The summed E-state index contributed by atoms with van der Waals surface area (Å²) in [6, 6.07) is 39.3. The molecule has 5 nitrogen and oxygen atoms in total. The van der Waals surface area contributed by atoms with Gasteiger partial charge in [0.2, 0.25) is 0 Å². The van der Waals surface area contributed by atoms with E-state index in [4.69, 9.17) is 23.7 Å². The van der Waals surface area contributed by atoms with Crippen molar-refractivity contribution in [2.45, 2.75) is 0 Å². The fourth-order valence-corrected chi connectivity index (χ4v) is 5.80. The van der Waals surface area contributed by atoms with Crippen LogP contribution in [0.2, 0.25) is 0 Å². The van der Waals surface area contributed by atoms with Gasteiger partial charge in [0.15, 0.2) is 0 Å². The summed E-state index contributed by atoms with van der Waals surface area (Å²) in [6.07, 6.45) is 0. The van der Waals surface area contributed by atoms with Crippen LogP contribution in [0.3, 0.4) is 0 Å². The second-order valence-corrected chi connectivity index (χ2v) is 10.3. The lowest BCUT2D eigenvalue weighted by Gasteiger charge is -2.25. The SMILES string of the molecule is COc1ccc(-c2c(-c3ccc(OC)cc3)c(-c3ccc(OC)cc3)c3cc(OC)ccc3c2-c2ccc(OC)cc2)cc1. The van der Waals surface area contributed by atoms with Crippen molar-refractivity contribution in [3.05, 3.63) is 115 Å². The third-order valence-corrected chi connectivity index (χ3v) is 8.03. The average molecular weight is 583 g/mol. The fraction of sp³-hybridized carbons (Fsp3) is 0.128. The molecule has 0 aliphatic heterocycles. The molecule has 6 rings (SSSR count). The van der Waals surface area contributed by atoms with E-state index in [2.05, 4.69) is 60.7 Å². The molecule has 0 amide bonds. The van der Waals surface area contributed by atoms with Crippen molar-refractivity contribution in [2.24, 2.45) is 0 Å². The Labute approximate surface area is 258 Å². The normalized spacial score (nSPS) is 10.8. The Morgan fingerprint density at radius 2 is 0.545 bits per heavy atom. The van der Waals surface area contributed by atoms with Gasteiger partial charge in [-0.15, -0.1) is 0 Å². The van der Waals surface area contributed by atoms with Crippen LogP contribution in [0.4, 0.5) is 0 Å². The first-order valence-corrected chi connectivity index (χ1v) is 14.3. The molecule has 0 fully saturated rings. The highest BCUT2D eigenvalue weighted by molar-refractivity contribution is 6.18. The lowest BCUT2D eigenvalue weighted by atomic mass is 9.79. The Bertz CT molecular complexity index is 1890. The van der Waals surface area contributed by atoms with Gasteiger partial charge in [0.25, 0.3) is 0 Å². The lowest BCUT2D eigenvalue weighted by molar-refractivity contribution is 0.414. The molecule has 0 heterocycles. The smallest absolute Gasteiger partial charge is 0.119 e. The van der Waals surface area contributed by atoms with Gasteiger partial charge in [0, 0.05) is 0 Å². The molecule has 0 bridgehead atoms. The third kappa shape index (κ3) is 5.29. The van der Waals surface area contributed by atoms with Crippen LogP contribution in [0.5, 0.6) is 28.7 Å². The van der Waals surface area contributed by atoms with Gasteiger partial charge in [-0.05, 0) is 116 Å². The number of rotatable bonds is 9. The minimum absolute atomic E-state index is 0.783. The standard InChI is InChI=1S/C39H34O5/c1-40-29-14-6-25(7-15-29)36-34-23-22-33(44-5)24-35(34)37(26-8-16-30(41-2)17-9-26)39(28-12-20-32(43-4)21-13-28)38(36)27-10-18-31(42-3)19-11-27/h6-24H,1-5H3. The fourth-order valence-electron chi connectivity index (χ4n) is 5.80. The molecule has 0 N–H and O–H groups in total. The maximum absolute atomic E-state index is 5.77. The molecule has 44 heavy (non-hydrogen) atoms. The summed E-state index contributed by atoms with van der Waals surface area (Å²) in [6.45, 7) is 0. The molecule has 0 unspecified atom stereocenters. The molecule has 0 aliphatic rings. The Balaban J connectivity index is 1.84. The van der Waals surface area contributed by atoms with E-state index in [0.29, 0.717) is 0 Å². The highest BCUT2D eigenvalue weighted by Crippen LogP contribution is 2.52. The van der Waals surface area contributed by atoms with Crippen LogP contribution in [0.1, 0.15) is 0 Å². The zero-order chi connectivity index (χ0) is 30.6. The molecule has 220 valence electrons. The van der Waals surface area contributed by atoms with Crippen molar-refractivity contribution in [1.29, 1.82) is 0 Å². The Morgan fingerprint density at radius 3 is 0.864 bits per heavy atom. The number of hydrogen-bond donors (Lipinski definition) is 0. The van der Waals surface area contributed by atoms with Gasteiger partial charge in [-0.3, -0.25) is 0 Å². The van der Waals surface area contributed by atoms with Crippen molar-refractivity contribution in [1.82, 2.24) is 0 Å². The molecule has 0 aliphatic carbocycles. The van der Waals surface area contributed by atoms with Crippen molar-refractivity contribution in [2.75, 3.05) is 35.5 Å². The van der Waals surface area contributed by atoms with Crippen LogP contribution in [0.15, 0.2) is 115 Å². The van der Waals surface area contributed by atoms with Gasteiger partial charge >= 0.3 is 0 Å². The predicted octanol–water partition coefficient (Wildman–Crippen LogP) is 9.55. The van der Waals surface area contributed by atoms with E-state index >= 15 is 0 Å². The van der Waals surface area contributed by atoms with Crippen LogP contribution >= 0.6 is 0 Å². The van der Waals surface area contributed by atoms with E-state index in [1.807, 2.05) is 54.6 Å². The quantitative estimate of drug-likeness (QED) is 0.170. The molecule has 0 radical (unpaired) electrons. The largest absolute Gasteiger partial charge is 0.497 e. The van der Waals surface area contributed by atoms with Crippen LogP contribution in [0.25, 0.3) is 55.3 Å². The molecule has 0 saturated heterocycles. The summed E-state index contributed by atoms with van der Waals surface area (Å²) in [4.78, 5) is 0. The highest BCUT2D eigenvalue weighted by atomic mass is 16.5. The van der Waals surface area contributed by atoms with Crippen molar-refractivity contribution >= 4 is 10.8 Å². The molecule has 5 heteroatoms. The number of hydrogen-bond acceptors (Lipinski definition) is 5. The topological polar surface area (TPSA) is 46.2 Å². The lowest BCUT2D eigenvalue weighted by Crippen LogP contribution is -1.98. The van der Waals surface area contributed by atoms with Crippen LogP contribution in [-0.4, -0.2) is 35.5 Å². The van der Waals surface area contributed by atoms with Crippen molar-refractivity contribution in [3.63, 3.8) is 0 Å². The molecular weight excluding hydrogens is 548 g/mol. The molecule has 6 aromatic carbocycles. The number of benzene rings is 6. The minimum Gasteiger partial charge on any atom is -0.497 e. The summed E-state index contributed by atoms with van der Waals surface area (Å²) >= 11 is 0. The Morgan fingerprint density at radius 1 is 0.273 bits per heavy atom. The Hall–Kier alpha value is -5.42. The molecule has 0 aromatic heterocycles. The Kier molecular flexibility index (Phi) is 8.11. The molecule has 0 saturated carbocycles. The van der Waals surface area contributed by atoms with Crippen molar-refractivity contribution in [3.8, 4) is 73.3 Å². The zero-order valence-corrected chi connectivity index (χ0v) is 25.5. The summed E-state index contributed by atoms with van der Waals surface area (Å²) in [5, 5.41) is 2.17. The first-order chi connectivity index (χ1) is 21.6. The first-order valence-electron chi connectivity index (χ1n) is 14.3. The van der Waals surface area contributed by atoms with Crippen LogP contribution < -0.4 is 23.7 Å². The maximum atomic E-state index is 5.77. The van der Waals surface area contributed by atoms with E-state index in [-0.39, 0.29) is 0 Å². The summed E-state index contributed by atoms with van der Waals surface area (Å²) < 4.78 is 27.9. The molecule has 0 spiro atoms. The van der Waals surface area contributed by atoms with Gasteiger partial charge in [0.1, 0.15) is 28.7 Å². The predicted molar refractivity (Wildman–Crippen MR) is 178 cm³/mol. The first kappa shape index (κ1) is 28.7. The van der Waals surface area contributed by atoms with Gasteiger partial charge in [-0.2, -0.15) is 0 Å². The van der Waals surface area contributed by atoms with Gasteiger partial charge in [-0.25, -0.2) is 0 Å². The van der Waals surface area contributed by atoms with Gasteiger partial charge in [-0.1, -0.05) is 54.6 Å². The highest BCUT2D eigenvalue weighted by Gasteiger charge is 2.24. The summed E-state index contributed by atoms with van der Waals surface area (Å²) in [5.41, 5.74) is 8.65. The maximum Gasteiger partial charge on any atom is 0.119 e. The van der Waals surface area contributed by atoms with E-state index < -0.39 is 0 Å². The number of methoxy groups -OCH3 is 5. The van der Waals surface area contributed by atoms with Gasteiger partial charge < -0.3 is 23.7 Å². The van der Waals surface area contributed by atoms with E-state index in [9.17, 15) is 0 Å². The van der Waals surface area contributed by atoms with E-state index in [1.165, 1.54) is 0 Å². The second-order valence-electron chi connectivity index (χ2n) is 10.3. The monoisotopic (exact) mass is 582 g/mol.